The SMILES string of the molecule is Cl.O=C(c1ccn(C2CCCNC2)n1)N1CCN(C2CCCCC2)CC1. The Morgan fingerprint density at radius 2 is 1.73 bits per heavy atom. The van der Waals surface area contributed by atoms with Crippen molar-refractivity contribution in [2.75, 3.05) is 39.3 Å². The summed E-state index contributed by atoms with van der Waals surface area (Å²) in [5, 5.41) is 8.00. The van der Waals surface area contributed by atoms with Crippen molar-refractivity contribution < 1.29 is 4.79 Å². The molecule has 2 saturated heterocycles. The molecule has 0 aromatic carbocycles. The molecule has 7 heteroatoms. The van der Waals surface area contributed by atoms with Gasteiger partial charge in [0.05, 0.1) is 6.04 Å². The number of nitrogens with one attached hydrogen (secondary N) is 1. The van der Waals surface area contributed by atoms with E-state index in [-0.39, 0.29) is 18.3 Å². The number of hydrogen-bond acceptors (Lipinski definition) is 4. The Kier molecular flexibility index (Phi) is 6.95. The molecule has 1 unspecified atom stereocenters. The standard InChI is InChI=1S/C19H31N5O.ClH/c25-19(18-8-10-24(21-18)17-7-4-9-20-15-17)23-13-11-22(12-14-23)16-5-2-1-3-6-16;/h8,10,16-17,20H,1-7,9,11-15H2;1H. The van der Waals surface area contributed by atoms with Gasteiger partial charge in [-0.2, -0.15) is 5.10 Å². The first-order valence-corrected chi connectivity index (χ1v) is 10.1. The summed E-state index contributed by atoms with van der Waals surface area (Å²) in [4.78, 5) is 17.4. The van der Waals surface area contributed by atoms with E-state index >= 15 is 0 Å². The molecule has 1 amide bonds. The predicted molar refractivity (Wildman–Crippen MR) is 105 cm³/mol. The summed E-state index contributed by atoms with van der Waals surface area (Å²) in [6.07, 6.45) is 11.1. The Morgan fingerprint density at radius 3 is 2.42 bits per heavy atom. The zero-order chi connectivity index (χ0) is 17.1. The number of piperidine rings is 1. The van der Waals surface area contributed by atoms with Gasteiger partial charge in [0.1, 0.15) is 5.69 Å². The van der Waals surface area contributed by atoms with Crippen molar-refractivity contribution in [1.82, 2.24) is 24.9 Å². The normalized spacial score (nSPS) is 25.7. The van der Waals surface area contributed by atoms with Gasteiger partial charge in [-0.1, -0.05) is 19.3 Å². The lowest BCUT2D eigenvalue weighted by Crippen LogP contribution is -2.52. The van der Waals surface area contributed by atoms with Crippen LogP contribution in [0.15, 0.2) is 12.3 Å². The molecule has 0 bridgehead atoms. The fourth-order valence-electron chi connectivity index (χ4n) is 4.61. The van der Waals surface area contributed by atoms with Crippen LogP contribution in [0.1, 0.15) is 61.5 Å². The first kappa shape index (κ1) is 19.6. The van der Waals surface area contributed by atoms with Gasteiger partial charge in [-0.15, -0.1) is 12.4 Å². The van der Waals surface area contributed by atoms with Crippen LogP contribution in [-0.2, 0) is 0 Å². The summed E-state index contributed by atoms with van der Waals surface area (Å²) < 4.78 is 1.98. The number of halogens is 1. The number of carbonyl (C=O) groups excluding carboxylic acids is 1. The minimum atomic E-state index is 0. The number of rotatable bonds is 3. The minimum Gasteiger partial charge on any atom is -0.335 e. The van der Waals surface area contributed by atoms with Gasteiger partial charge in [0, 0.05) is 45.0 Å². The number of nitrogens with zero attached hydrogens (tertiary/aromatic N) is 4. The molecule has 146 valence electrons. The molecular formula is C19H32ClN5O. The number of aromatic nitrogens is 2. The second-order valence-electron chi connectivity index (χ2n) is 7.80. The molecule has 0 radical (unpaired) electrons. The minimum absolute atomic E-state index is 0. The van der Waals surface area contributed by atoms with E-state index in [9.17, 15) is 4.79 Å². The van der Waals surface area contributed by atoms with Gasteiger partial charge >= 0.3 is 0 Å². The van der Waals surface area contributed by atoms with E-state index in [4.69, 9.17) is 0 Å². The van der Waals surface area contributed by atoms with Crippen LogP contribution >= 0.6 is 12.4 Å². The zero-order valence-electron chi connectivity index (χ0n) is 15.6. The van der Waals surface area contributed by atoms with Crippen LogP contribution in [0.25, 0.3) is 0 Å². The lowest BCUT2D eigenvalue weighted by atomic mass is 9.94. The molecule has 0 spiro atoms. The molecule has 3 fully saturated rings. The Hall–Kier alpha value is -1.11. The second-order valence-corrected chi connectivity index (χ2v) is 7.80. The lowest BCUT2D eigenvalue weighted by molar-refractivity contribution is 0.0517. The number of carbonyl (C=O) groups is 1. The van der Waals surface area contributed by atoms with E-state index in [1.165, 1.54) is 38.5 Å². The summed E-state index contributed by atoms with van der Waals surface area (Å²) in [5.74, 6) is 0.103. The topological polar surface area (TPSA) is 53.4 Å². The van der Waals surface area contributed by atoms with Crippen LogP contribution in [0.5, 0.6) is 0 Å². The lowest BCUT2D eigenvalue weighted by Gasteiger charge is -2.40. The maximum Gasteiger partial charge on any atom is 0.274 e. The van der Waals surface area contributed by atoms with Crippen molar-refractivity contribution >= 4 is 18.3 Å². The first-order valence-electron chi connectivity index (χ1n) is 10.1. The van der Waals surface area contributed by atoms with Crippen LogP contribution in [0, 0.1) is 0 Å². The highest BCUT2D eigenvalue weighted by atomic mass is 35.5. The summed E-state index contributed by atoms with van der Waals surface area (Å²) in [7, 11) is 0. The average Bonchev–Trinajstić information content (AvgIpc) is 3.19. The van der Waals surface area contributed by atoms with E-state index in [1.54, 1.807) is 0 Å². The molecule has 6 nitrogen and oxygen atoms in total. The molecule has 1 atom stereocenters. The van der Waals surface area contributed by atoms with Gasteiger partial charge in [0.15, 0.2) is 0 Å². The highest BCUT2D eigenvalue weighted by molar-refractivity contribution is 5.92. The molecule has 1 aromatic heterocycles. The highest BCUT2D eigenvalue weighted by Crippen LogP contribution is 2.24. The Bertz CT molecular complexity index is 572. The number of piperazine rings is 1. The number of amides is 1. The molecule has 2 aliphatic heterocycles. The summed E-state index contributed by atoms with van der Waals surface area (Å²) in [6, 6.07) is 3.03. The molecule has 1 N–H and O–H groups in total. The highest BCUT2D eigenvalue weighted by Gasteiger charge is 2.28. The predicted octanol–water partition coefficient (Wildman–Crippen LogP) is 2.32. The maximum atomic E-state index is 12.8. The molecular weight excluding hydrogens is 350 g/mol. The summed E-state index contributed by atoms with van der Waals surface area (Å²) >= 11 is 0. The van der Waals surface area contributed by atoms with Crippen molar-refractivity contribution in [3.05, 3.63) is 18.0 Å². The van der Waals surface area contributed by atoms with E-state index in [1.807, 2.05) is 21.8 Å². The summed E-state index contributed by atoms with van der Waals surface area (Å²) in [6.45, 7) is 5.76. The zero-order valence-corrected chi connectivity index (χ0v) is 16.4. The largest absolute Gasteiger partial charge is 0.335 e. The van der Waals surface area contributed by atoms with E-state index in [2.05, 4.69) is 15.3 Å². The molecule has 1 saturated carbocycles. The Morgan fingerprint density at radius 1 is 1.00 bits per heavy atom. The van der Waals surface area contributed by atoms with Gasteiger partial charge in [-0.05, 0) is 38.3 Å². The third-order valence-electron chi connectivity index (χ3n) is 6.17. The fourth-order valence-corrected chi connectivity index (χ4v) is 4.61. The first-order chi connectivity index (χ1) is 12.3. The van der Waals surface area contributed by atoms with Crippen molar-refractivity contribution in [2.45, 2.75) is 57.0 Å². The van der Waals surface area contributed by atoms with Crippen LogP contribution in [0.3, 0.4) is 0 Å². The van der Waals surface area contributed by atoms with Crippen molar-refractivity contribution in [3.63, 3.8) is 0 Å². The average molecular weight is 382 g/mol. The Labute approximate surface area is 162 Å². The molecule has 4 rings (SSSR count). The van der Waals surface area contributed by atoms with Crippen LogP contribution in [-0.4, -0.2) is 70.8 Å². The quantitative estimate of drug-likeness (QED) is 0.873. The van der Waals surface area contributed by atoms with Gasteiger partial charge in [0.2, 0.25) is 0 Å². The number of hydrogen-bond donors (Lipinski definition) is 1. The van der Waals surface area contributed by atoms with Crippen LogP contribution in [0.4, 0.5) is 0 Å². The third kappa shape index (κ3) is 4.41. The van der Waals surface area contributed by atoms with E-state index < -0.39 is 0 Å². The van der Waals surface area contributed by atoms with Crippen molar-refractivity contribution in [2.24, 2.45) is 0 Å². The van der Waals surface area contributed by atoms with Crippen molar-refractivity contribution in [1.29, 1.82) is 0 Å². The third-order valence-corrected chi connectivity index (χ3v) is 6.17. The van der Waals surface area contributed by atoms with E-state index in [0.29, 0.717) is 11.7 Å². The fraction of sp³-hybridized carbons (Fsp3) is 0.789. The molecule has 1 aromatic rings. The Balaban J connectivity index is 0.00000196. The molecule has 26 heavy (non-hydrogen) atoms. The van der Waals surface area contributed by atoms with Crippen LogP contribution < -0.4 is 5.32 Å². The monoisotopic (exact) mass is 381 g/mol. The van der Waals surface area contributed by atoms with Gasteiger partial charge in [0.25, 0.3) is 5.91 Å². The molecule has 3 heterocycles. The smallest absolute Gasteiger partial charge is 0.274 e. The van der Waals surface area contributed by atoms with Gasteiger partial charge in [-0.25, -0.2) is 0 Å². The maximum absolute atomic E-state index is 12.8. The van der Waals surface area contributed by atoms with E-state index in [0.717, 1.165) is 51.7 Å². The van der Waals surface area contributed by atoms with Crippen molar-refractivity contribution in [3.8, 4) is 0 Å². The molecule has 1 aliphatic carbocycles. The van der Waals surface area contributed by atoms with Crippen LogP contribution in [0.2, 0.25) is 0 Å². The summed E-state index contributed by atoms with van der Waals surface area (Å²) in [5.41, 5.74) is 0.608. The second kappa shape index (κ2) is 9.20. The van der Waals surface area contributed by atoms with Gasteiger partial charge in [-0.3, -0.25) is 14.4 Å². The van der Waals surface area contributed by atoms with Gasteiger partial charge < -0.3 is 10.2 Å². The molecule has 3 aliphatic rings.